The molecule has 138 valence electrons. The normalized spacial score (nSPS) is 16.9. The van der Waals surface area contributed by atoms with Crippen LogP contribution < -0.4 is 10.2 Å². The Labute approximate surface area is 161 Å². The molecule has 0 spiro atoms. The van der Waals surface area contributed by atoms with E-state index in [9.17, 15) is 9.18 Å². The van der Waals surface area contributed by atoms with Crippen LogP contribution in [0.2, 0.25) is 0 Å². The lowest BCUT2D eigenvalue weighted by molar-refractivity contribution is -0.120. The van der Waals surface area contributed by atoms with Gasteiger partial charge in [-0.25, -0.2) is 9.37 Å². The molecule has 0 aliphatic carbocycles. The summed E-state index contributed by atoms with van der Waals surface area (Å²) in [7, 11) is 0. The van der Waals surface area contributed by atoms with Crippen LogP contribution in [0.5, 0.6) is 0 Å². The summed E-state index contributed by atoms with van der Waals surface area (Å²) in [5.41, 5.74) is 2.49. The molecule has 0 bridgehead atoms. The summed E-state index contributed by atoms with van der Waals surface area (Å²) >= 11 is 1.60. The molecule has 1 atom stereocenters. The van der Waals surface area contributed by atoms with Gasteiger partial charge < -0.3 is 10.2 Å². The Morgan fingerprint density at radius 2 is 2.04 bits per heavy atom. The Morgan fingerprint density at radius 1 is 1.19 bits per heavy atom. The fraction of sp³-hybridized carbons (Fsp3) is 0.238. The number of nitrogens with one attached hydrogen (secondary N) is 1. The maximum absolute atomic E-state index is 13.4. The number of amides is 1. The average molecular weight is 381 g/mol. The van der Waals surface area contributed by atoms with Crippen LogP contribution in [0.25, 0.3) is 11.1 Å². The fourth-order valence-electron chi connectivity index (χ4n) is 3.40. The van der Waals surface area contributed by atoms with Gasteiger partial charge in [0.25, 0.3) is 0 Å². The second kappa shape index (κ2) is 7.88. The van der Waals surface area contributed by atoms with E-state index in [-0.39, 0.29) is 17.6 Å². The SMILES string of the molecule is O=C(Nc1ccc(-c2cccc(F)c2)cc1)[C@H]1CCCN(c2nccs2)C1. The predicted molar refractivity (Wildman–Crippen MR) is 108 cm³/mol. The molecule has 27 heavy (non-hydrogen) atoms. The van der Waals surface area contributed by atoms with Gasteiger partial charge in [-0.3, -0.25) is 4.79 Å². The molecule has 3 aromatic rings. The molecule has 2 aromatic carbocycles. The smallest absolute Gasteiger partial charge is 0.229 e. The lowest BCUT2D eigenvalue weighted by atomic mass is 9.97. The Kier molecular flexibility index (Phi) is 5.16. The van der Waals surface area contributed by atoms with Crippen LogP contribution >= 0.6 is 11.3 Å². The van der Waals surface area contributed by atoms with Gasteiger partial charge in [-0.15, -0.1) is 11.3 Å². The highest BCUT2D eigenvalue weighted by molar-refractivity contribution is 7.13. The minimum atomic E-state index is -0.257. The second-order valence-electron chi connectivity index (χ2n) is 6.68. The largest absolute Gasteiger partial charge is 0.347 e. The summed E-state index contributed by atoms with van der Waals surface area (Å²) in [4.78, 5) is 19.2. The number of rotatable bonds is 4. The quantitative estimate of drug-likeness (QED) is 0.706. The highest BCUT2D eigenvalue weighted by Gasteiger charge is 2.27. The van der Waals surface area contributed by atoms with E-state index in [2.05, 4.69) is 15.2 Å². The van der Waals surface area contributed by atoms with Crippen LogP contribution in [0.1, 0.15) is 12.8 Å². The highest BCUT2D eigenvalue weighted by Crippen LogP contribution is 2.26. The molecule has 1 fully saturated rings. The van der Waals surface area contributed by atoms with E-state index in [0.29, 0.717) is 6.54 Å². The molecule has 4 rings (SSSR count). The van der Waals surface area contributed by atoms with E-state index in [1.54, 1.807) is 23.6 Å². The number of carbonyl (C=O) groups excluding carboxylic acids is 1. The Morgan fingerprint density at radius 3 is 2.78 bits per heavy atom. The molecular formula is C21H20FN3OS. The molecule has 1 aliphatic rings. The van der Waals surface area contributed by atoms with Gasteiger partial charge in [0.05, 0.1) is 5.92 Å². The van der Waals surface area contributed by atoms with E-state index in [0.717, 1.165) is 41.3 Å². The first kappa shape index (κ1) is 17.7. The van der Waals surface area contributed by atoms with Gasteiger partial charge in [-0.2, -0.15) is 0 Å². The molecule has 1 aromatic heterocycles. The summed E-state index contributed by atoms with van der Waals surface area (Å²) in [6, 6.07) is 14.0. The van der Waals surface area contributed by atoms with E-state index >= 15 is 0 Å². The summed E-state index contributed by atoms with van der Waals surface area (Å²) in [5.74, 6) is -0.271. The molecular weight excluding hydrogens is 361 g/mol. The van der Waals surface area contributed by atoms with Crippen molar-refractivity contribution in [1.29, 1.82) is 0 Å². The zero-order chi connectivity index (χ0) is 18.6. The Bertz CT molecular complexity index is 911. The van der Waals surface area contributed by atoms with Gasteiger partial charge in [0.15, 0.2) is 5.13 Å². The van der Waals surface area contributed by atoms with Gasteiger partial charge in [-0.1, -0.05) is 24.3 Å². The molecule has 4 nitrogen and oxygen atoms in total. The molecule has 1 amide bonds. The third-order valence-electron chi connectivity index (χ3n) is 4.79. The lowest BCUT2D eigenvalue weighted by Gasteiger charge is -2.31. The number of halogens is 1. The first-order chi connectivity index (χ1) is 13.2. The van der Waals surface area contributed by atoms with Crippen molar-refractivity contribution in [1.82, 2.24) is 4.98 Å². The first-order valence-corrected chi connectivity index (χ1v) is 9.88. The molecule has 0 radical (unpaired) electrons. The van der Waals surface area contributed by atoms with Crippen molar-refractivity contribution in [2.75, 3.05) is 23.3 Å². The number of benzene rings is 2. The third-order valence-corrected chi connectivity index (χ3v) is 5.62. The third kappa shape index (κ3) is 4.17. The number of hydrogen-bond acceptors (Lipinski definition) is 4. The number of carbonyl (C=O) groups is 1. The molecule has 1 saturated heterocycles. The average Bonchev–Trinajstić information content (AvgIpc) is 3.24. The minimum absolute atomic E-state index is 0.0368. The van der Waals surface area contributed by atoms with Gasteiger partial charge in [0, 0.05) is 30.4 Å². The Balaban J connectivity index is 1.40. The van der Waals surface area contributed by atoms with Crippen LogP contribution in [0, 0.1) is 11.7 Å². The van der Waals surface area contributed by atoms with Crippen molar-refractivity contribution in [3.63, 3.8) is 0 Å². The lowest BCUT2D eigenvalue weighted by Crippen LogP contribution is -2.40. The van der Waals surface area contributed by atoms with E-state index in [4.69, 9.17) is 0 Å². The zero-order valence-electron chi connectivity index (χ0n) is 14.8. The van der Waals surface area contributed by atoms with Crippen molar-refractivity contribution < 1.29 is 9.18 Å². The molecule has 0 saturated carbocycles. The maximum Gasteiger partial charge on any atom is 0.229 e. The molecule has 1 N–H and O–H groups in total. The van der Waals surface area contributed by atoms with Crippen LogP contribution in [0.15, 0.2) is 60.1 Å². The topological polar surface area (TPSA) is 45.2 Å². The van der Waals surface area contributed by atoms with E-state index < -0.39 is 0 Å². The van der Waals surface area contributed by atoms with Crippen LogP contribution in [0.3, 0.4) is 0 Å². The van der Waals surface area contributed by atoms with E-state index in [1.807, 2.05) is 35.7 Å². The number of nitrogens with zero attached hydrogens (tertiary/aromatic N) is 2. The Hall–Kier alpha value is -2.73. The van der Waals surface area contributed by atoms with Crippen LogP contribution in [-0.2, 0) is 4.79 Å². The highest BCUT2D eigenvalue weighted by atomic mass is 32.1. The monoisotopic (exact) mass is 381 g/mol. The molecule has 1 aliphatic heterocycles. The zero-order valence-corrected chi connectivity index (χ0v) is 15.6. The maximum atomic E-state index is 13.4. The summed E-state index contributed by atoms with van der Waals surface area (Å²) in [6.07, 6.45) is 3.66. The number of thiazole rings is 1. The van der Waals surface area contributed by atoms with Gasteiger partial charge in [0.1, 0.15) is 5.82 Å². The number of aromatic nitrogens is 1. The number of piperidine rings is 1. The van der Waals surface area contributed by atoms with E-state index in [1.165, 1.54) is 12.1 Å². The van der Waals surface area contributed by atoms with Crippen molar-refractivity contribution in [3.05, 3.63) is 65.9 Å². The van der Waals surface area contributed by atoms with Gasteiger partial charge >= 0.3 is 0 Å². The standard InChI is InChI=1S/C21H20FN3OS/c22-18-5-1-3-16(13-18)15-6-8-19(9-7-15)24-20(26)17-4-2-11-25(14-17)21-23-10-12-27-21/h1,3,5-10,12-13,17H,2,4,11,14H2,(H,24,26)/t17-/m0/s1. The predicted octanol–water partition coefficient (Wildman–Crippen LogP) is 4.80. The number of hydrogen-bond donors (Lipinski definition) is 1. The van der Waals surface area contributed by atoms with Crippen LogP contribution in [-0.4, -0.2) is 24.0 Å². The first-order valence-electron chi connectivity index (χ1n) is 9.00. The van der Waals surface area contributed by atoms with Gasteiger partial charge in [-0.05, 0) is 48.2 Å². The van der Waals surface area contributed by atoms with Crippen molar-refractivity contribution >= 4 is 28.1 Å². The van der Waals surface area contributed by atoms with Crippen molar-refractivity contribution in [2.45, 2.75) is 12.8 Å². The summed E-state index contributed by atoms with van der Waals surface area (Å²) in [5, 5.41) is 5.95. The molecule has 0 unspecified atom stereocenters. The van der Waals surface area contributed by atoms with Gasteiger partial charge in [0.2, 0.25) is 5.91 Å². The summed E-state index contributed by atoms with van der Waals surface area (Å²) in [6.45, 7) is 1.64. The van der Waals surface area contributed by atoms with Crippen LogP contribution in [0.4, 0.5) is 15.2 Å². The minimum Gasteiger partial charge on any atom is -0.347 e. The van der Waals surface area contributed by atoms with Crippen molar-refractivity contribution in [3.8, 4) is 11.1 Å². The summed E-state index contributed by atoms with van der Waals surface area (Å²) < 4.78 is 13.4. The second-order valence-corrected chi connectivity index (χ2v) is 7.55. The fourth-order valence-corrected chi connectivity index (χ4v) is 4.08. The van der Waals surface area contributed by atoms with Crippen molar-refractivity contribution in [2.24, 2.45) is 5.92 Å². The molecule has 6 heteroatoms. The number of anilines is 2. The molecule has 2 heterocycles.